The minimum Gasteiger partial charge on any atom is -0.354 e. The summed E-state index contributed by atoms with van der Waals surface area (Å²) in [6, 6.07) is 0.419. The molecule has 0 aliphatic heterocycles. The second kappa shape index (κ2) is 7.62. The fourth-order valence-electron chi connectivity index (χ4n) is 1.81. The first-order chi connectivity index (χ1) is 9.31. The molecule has 0 bridgehead atoms. The van der Waals surface area contributed by atoms with Gasteiger partial charge in [-0.25, -0.2) is 4.98 Å². The molecule has 1 unspecified atom stereocenters. The average Bonchev–Trinajstić information content (AvgIpc) is 2.77. The molecule has 114 valence electrons. The van der Waals surface area contributed by atoms with Crippen LogP contribution in [0, 0.1) is 12.3 Å². The van der Waals surface area contributed by atoms with Crippen molar-refractivity contribution < 1.29 is 0 Å². The zero-order chi connectivity index (χ0) is 15.2. The molecule has 1 heterocycles. The van der Waals surface area contributed by atoms with Gasteiger partial charge in [0, 0.05) is 18.0 Å². The van der Waals surface area contributed by atoms with E-state index in [1.807, 2.05) is 19.5 Å². The second-order valence-electron chi connectivity index (χ2n) is 6.43. The van der Waals surface area contributed by atoms with Crippen LogP contribution in [-0.2, 0) is 6.54 Å². The Kier molecular flexibility index (Phi) is 6.46. The van der Waals surface area contributed by atoms with E-state index in [0.29, 0.717) is 11.5 Å². The van der Waals surface area contributed by atoms with Gasteiger partial charge in [-0.15, -0.1) is 11.3 Å². The van der Waals surface area contributed by atoms with Crippen molar-refractivity contribution in [2.75, 3.05) is 7.05 Å². The van der Waals surface area contributed by atoms with Gasteiger partial charge >= 0.3 is 0 Å². The lowest BCUT2D eigenvalue weighted by Crippen LogP contribution is -2.42. The van der Waals surface area contributed by atoms with Crippen LogP contribution in [0.25, 0.3) is 0 Å². The molecule has 1 aromatic heterocycles. The zero-order valence-corrected chi connectivity index (χ0v) is 14.4. The van der Waals surface area contributed by atoms with Crippen LogP contribution in [0.4, 0.5) is 0 Å². The average molecular weight is 296 g/mol. The van der Waals surface area contributed by atoms with E-state index in [-0.39, 0.29) is 0 Å². The van der Waals surface area contributed by atoms with Crippen LogP contribution in [0.2, 0.25) is 0 Å². The highest BCUT2D eigenvalue weighted by molar-refractivity contribution is 7.09. The molecule has 1 rings (SSSR count). The van der Waals surface area contributed by atoms with E-state index in [9.17, 15) is 0 Å². The summed E-state index contributed by atoms with van der Waals surface area (Å²) < 4.78 is 0. The number of aromatic nitrogens is 1. The van der Waals surface area contributed by atoms with E-state index in [1.54, 1.807) is 11.3 Å². The maximum Gasteiger partial charge on any atom is 0.191 e. The van der Waals surface area contributed by atoms with Crippen molar-refractivity contribution in [1.82, 2.24) is 15.6 Å². The molecule has 0 saturated heterocycles. The van der Waals surface area contributed by atoms with Crippen LogP contribution in [0.3, 0.4) is 0 Å². The third-order valence-electron chi connectivity index (χ3n) is 3.20. The zero-order valence-electron chi connectivity index (χ0n) is 13.6. The monoisotopic (exact) mass is 296 g/mol. The Hall–Kier alpha value is -1.10. The minimum absolute atomic E-state index is 0.382. The number of nitrogens with zero attached hydrogens (tertiary/aromatic N) is 2. The van der Waals surface area contributed by atoms with Gasteiger partial charge in [-0.05, 0) is 32.1 Å². The topological polar surface area (TPSA) is 49.3 Å². The van der Waals surface area contributed by atoms with E-state index in [1.165, 1.54) is 11.3 Å². The van der Waals surface area contributed by atoms with E-state index in [2.05, 4.69) is 48.3 Å². The lowest BCUT2D eigenvalue weighted by atomic mass is 9.89. The highest BCUT2D eigenvalue weighted by Crippen LogP contribution is 2.21. The lowest BCUT2D eigenvalue weighted by molar-refractivity contribution is 0.346. The van der Waals surface area contributed by atoms with Crippen molar-refractivity contribution in [3.8, 4) is 0 Å². The first-order valence-corrected chi connectivity index (χ1v) is 8.06. The summed E-state index contributed by atoms with van der Waals surface area (Å²) in [5.74, 6) is 0.860. The smallest absolute Gasteiger partial charge is 0.191 e. The maximum atomic E-state index is 4.28. The maximum absolute atomic E-state index is 4.28. The quantitative estimate of drug-likeness (QED) is 0.647. The molecule has 1 aromatic rings. The van der Waals surface area contributed by atoms with E-state index in [4.69, 9.17) is 0 Å². The van der Waals surface area contributed by atoms with Crippen molar-refractivity contribution in [2.24, 2.45) is 10.4 Å². The number of hydrogen-bond donors (Lipinski definition) is 2. The van der Waals surface area contributed by atoms with Gasteiger partial charge < -0.3 is 10.6 Å². The predicted octanol–water partition coefficient (Wildman–Crippen LogP) is 3.33. The molecule has 2 N–H and O–H groups in total. The van der Waals surface area contributed by atoms with Gasteiger partial charge in [0.05, 0.1) is 17.7 Å². The van der Waals surface area contributed by atoms with E-state index in [0.717, 1.165) is 24.6 Å². The summed E-state index contributed by atoms with van der Waals surface area (Å²) in [5.41, 5.74) is 3.36. The van der Waals surface area contributed by atoms with E-state index < -0.39 is 0 Å². The molecule has 0 saturated carbocycles. The number of thiazole rings is 1. The van der Waals surface area contributed by atoms with Gasteiger partial charge in [-0.2, -0.15) is 0 Å². The Morgan fingerprint density at radius 3 is 2.65 bits per heavy atom. The van der Waals surface area contributed by atoms with Crippen LogP contribution in [0.5, 0.6) is 0 Å². The fourth-order valence-corrected chi connectivity index (χ4v) is 2.53. The van der Waals surface area contributed by atoms with Crippen LogP contribution in [0.15, 0.2) is 10.5 Å². The molecule has 0 fully saturated rings. The number of aliphatic imine (C=N–C) groups is 1. The molecule has 0 spiro atoms. The molecule has 0 radical (unpaired) electrons. The van der Waals surface area contributed by atoms with Gasteiger partial charge in [0.15, 0.2) is 5.96 Å². The molecule has 20 heavy (non-hydrogen) atoms. The summed E-state index contributed by atoms with van der Waals surface area (Å²) in [5, 5.41) is 6.79. The summed E-state index contributed by atoms with van der Waals surface area (Å²) in [6.45, 7) is 11.9. The van der Waals surface area contributed by atoms with Crippen molar-refractivity contribution in [2.45, 2.75) is 60.0 Å². The Morgan fingerprint density at radius 2 is 2.15 bits per heavy atom. The number of nitrogens with one attached hydrogen (secondary N) is 2. The summed E-state index contributed by atoms with van der Waals surface area (Å²) >= 11 is 1.68. The van der Waals surface area contributed by atoms with Gasteiger partial charge in [-0.3, -0.25) is 4.99 Å². The Balaban J connectivity index is 2.38. The molecule has 0 amide bonds. The number of rotatable bonds is 5. The summed E-state index contributed by atoms with van der Waals surface area (Å²) in [7, 11) is 1.81. The summed E-state index contributed by atoms with van der Waals surface area (Å²) in [6.07, 6.45) is 2.34. The Labute approximate surface area is 127 Å². The highest BCUT2D eigenvalue weighted by atomic mass is 32.1. The predicted molar refractivity (Wildman–Crippen MR) is 88.3 cm³/mol. The second-order valence-corrected chi connectivity index (χ2v) is 7.37. The normalized spacial score (nSPS) is 14.2. The molecule has 1 atom stereocenters. The van der Waals surface area contributed by atoms with Crippen LogP contribution in [0.1, 0.15) is 51.1 Å². The van der Waals surface area contributed by atoms with Crippen molar-refractivity contribution in [3.63, 3.8) is 0 Å². The van der Waals surface area contributed by atoms with E-state index >= 15 is 0 Å². The summed E-state index contributed by atoms with van der Waals surface area (Å²) in [4.78, 5) is 9.80. The largest absolute Gasteiger partial charge is 0.354 e. The number of guanidine groups is 1. The Bertz CT molecular complexity index is 431. The first kappa shape index (κ1) is 17.0. The molecular formula is C15H28N4S. The van der Waals surface area contributed by atoms with Gasteiger partial charge in [0.1, 0.15) is 0 Å². The van der Waals surface area contributed by atoms with Gasteiger partial charge in [0.2, 0.25) is 0 Å². The van der Waals surface area contributed by atoms with Crippen LogP contribution >= 0.6 is 11.3 Å². The number of aryl methyl sites for hydroxylation is 1. The number of hydrogen-bond acceptors (Lipinski definition) is 3. The van der Waals surface area contributed by atoms with Crippen molar-refractivity contribution >= 4 is 17.3 Å². The minimum atomic E-state index is 0.382. The molecule has 5 heteroatoms. The fraction of sp³-hybridized carbons (Fsp3) is 0.733. The molecule has 0 aliphatic carbocycles. The SMILES string of the molecule is CN=C(NCc1scnc1C)NC(C)CCC(C)(C)C. The highest BCUT2D eigenvalue weighted by Gasteiger charge is 2.13. The molecular weight excluding hydrogens is 268 g/mol. The Morgan fingerprint density at radius 1 is 1.45 bits per heavy atom. The van der Waals surface area contributed by atoms with Crippen molar-refractivity contribution in [1.29, 1.82) is 0 Å². The van der Waals surface area contributed by atoms with Gasteiger partial charge in [0.25, 0.3) is 0 Å². The standard InChI is InChI=1S/C15H28N4S/c1-11(7-8-15(3,4)5)19-14(16-6)17-9-13-12(2)18-10-20-13/h10-11H,7-9H2,1-6H3,(H2,16,17,19). The molecule has 0 aromatic carbocycles. The van der Waals surface area contributed by atoms with Crippen molar-refractivity contribution in [3.05, 3.63) is 16.1 Å². The van der Waals surface area contributed by atoms with Crippen LogP contribution in [-0.4, -0.2) is 24.0 Å². The molecule has 4 nitrogen and oxygen atoms in total. The van der Waals surface area contributed by atoms with Crippen LogP contribution < -0.4 is 10.6 Å². The third kappa shape index (κ3) is 6.37. The van der Waals surface area contributed by atoms with Gasteiger partial charge in [-0.1, -0.05) is 20.8 Å². The third-order valence-corrected chi connectivity index (χ3v) is 4.13. The lowest BCUT2D eigenvalue weighted by Gasteiger charge is -2.23. The molecule has 0 aliphatic rings. The first-order valence-electron chi connectivity index (χ1n) is 7.18.